The lowest BCUT2D eigenvalue weighted by Gasteiger charge is -2.30. The van der Waals surface area contributed by atoms with Crippen molar-refractivity contribution >= 4 is 25.2 Å². The number of carbonyl (C=O) groups excluding carboxylic acids is 1. The molecule has 0 heterocycles. The highest BCUT2D eigenvalue weighted by atomic mass is 35.5. The largest absolute Gasteiger partial charge is 0.770 e. The van der Waals surface area contributed by atoms with Crippen molar-refractivity contribution in [1.82, 2.24) is 15.9 Å². The van der Waals surface area contributed by atoms with Crippen LogP contribution >= 0.6 is 19.2 Å². The fraction of sp³-hybridized carbons (Fsp3) is 0.889. The number of carbonyl (C=O) groups is 1. The van der Waals surface area contributed by atoms with Crippen molar-refractivity contribution in [2.24, 2.45) is 0 Å². The standard InChI is InChI=1S/C9H20ClN3O5P/c1-4-17-19(16,18-5-2)8(3)11-9(14)13(12-15)7-6-10/h8,12H,4-7H2,1-3H3,(H,11,14)/q-1. The highest BCUT2D eigenvalue weighted by Gasteiger charge is 2.33. The first-order chi connectivity index (χ1) is 8.95. The normalized spacial score (nSPS) is 13.1. The van der Waals surface area contributed by atoms with Crippen molar-refractivity contribution in [2.45, 2.75) is 26.6 Å². The minimum Gasteiger partial charge on any atom is -0.770 e. The number of urea groups is 1. The van der Waals surface area contributed by atoms with Crippen molar-refractivity contribution in [2.75, 3.05) is 25.6 Å². The Morgan fingerprint density at radius 2 is 1.95 bits per heavy atom. The average Bonchev–Trinajstić information content (AvgIpc) is 2.36. The Labute approximate surface area is 117 Å². The summed E-state index contributed by atoms with van der Waals surface area (Å²) in [5.41, 5.74) is 1.44. The first kappa shape index (κ1) is 18.6. The van der Waals surface area contributed by atoms with Gasteiger partial charge in [-0.05, 0) is 20.8 Å². The quantitative estimate of drug-likeness (QED) is 0.382. The van der Waals surface area contributed by atoms with Crippen LogP contribution in [0.5, 0.6) is 0 Å². The number of nitrogens with one attached hydrogen (secondary N) is 2. The molecule has 0 radical (unpaired) electrons. The zero-order valence-corrected chi connectivity index (χ0v) is 12.9. The molecule has 2 N–H and O–H groups in total. The molecule has 0 aliphatic carbocycles. The van der Waals surface area contributed by atoms with Crippen LogP contribution in [0, 0.1) is 5.21 Å². The zero-order chi connectivity index (χ0) is 14.9. The minimum absolute atomic E-state index is 0.0111. The Balaban J connectivity index is 4.66. The SMILES string of the molecule is CCOP(=O)(OCC)C(C)NC(=O)N(CCCl)N[O-]. The molecule has 0 rings (SSSR count). The smallest absolute Gasteiger partial charge is 0.352 e. The summed E-state index contributed by atoms with van der Waals surface area (Å²) in [6, 6.07) is -0.747. The maximum atomic E-state index is 12.3. The van der Waals surface area contributed by atoms with Gasteiger partial charge in [0.05, 0.1) is 19.8 Å². The summed E-state index contributed by atoms with van der Waals surface area (Å²) in [6.45, 7) is 5.19. The summed E-state index contributed by atoms with van der Waals surface area (Å²) < 4.78 is 22.5. The van der Waals surface area contributed by atoms with Gasteiger partial charge in [-0.3, -0.25) is 9.57 Å². The molecule has 1 atom stereocenters. The fourth-order valence-corrected chi connectivity index (χ4v) is 2.91. The highest BCUT2D eigenvalue weighted by Crippen LogP contribution is 2.51. The van der Waals surface area contributed by atoms with Crippen LogP contribution in [0.3, 0.4) is 0 Å². The van der Waals surface area contributed by atoms with Gasteiger partial charge in [-0.2, -0.15) is 0 Å². The van der Waals surface area contributed by atoms with Crippen LogP contribution in [0.1, 0.15) is 20.8 Å². The van der Waals surface area contributed by atoms with Crippen molar-refractivity contribution in [3.63, 3.8) is 0 Å². The van der Waals surface area contributed by atoms with E-state index in [1.54, 1.807) is 13.8 Å². The Morgan fingerprint density at radius 3 is 2.32 bits per heavy atom. The topological polar surface area (TPSA) is 103 Å². The Hall–Kier alpha value is -0.370. The van der Waals surface area contributed by atoms with Gasteiger partial charge in [0.15, 0.2) is 0 Å². The van der Waals surface area contributed by atoms with Crippen LogP contribution in [0.15, 0.2) is 0 Å². The molecular formula is C9H20ClN3O5P-. The zero-order valence-electron chi connectivity index (χ0n) is 11.2. The molecule has 0 aromatic rings. The van der Waals surface area contributed by atoms with Crippen LogP contribution in [-0.2, 0) is 13.6 Å². The Morgan fingerprint density at radius 1 is 1.42 bits per heavy atom. The molecule has 19 heavy (non-hydrogen) atoms. The number of rotatable bonds is 9. The van der Waals surface area contributed by atoms with Crippen molar-refractivity contribution < 1.29 is 18.4 Å². The molecule has 1 unspecified atom stereocenters. The maximum absolute atomic E-state index is 12.3. The molecule has 114 valence electrons. The number of alkyl halides is 1. The maximum Gasteiger partial charge on any atom is 0.352 e. The number of nitrogens with zero attached hydrogens (tertiary/aromatic N) is 1. The van der Waals surface area contributed by atoms with Crippen LogP contribution in [0.4, 0.5) is 4.79 Å². The van der Waals surface area contributed by atoms with E-state index in [1.807, 2.05) is 0 Å². The van der Waals surface area contributed by atoms with Crippen molar-refractivity contribution in [1.29, 1.82) is 0 Å². The van der Waals surface area contributed by atoms with Gasteiger partial charge < -0.3 is 25.2 Å². The van der Waals surface area contributed by atoms with E-state index >= 15 is 0 Å². The first-order valence-electron chi connectivity index (χ1n) is 5.85. The van der Waals surface area contributed by atoms with E-state index in [4.69, 9.17) is 20.6 Å². The van der Waals surface area contributed by atoms with E-state index in [0.29, 0.717) is 0 Å². The third kappa shape index (κ3) is 6.07. The summed E-state index contributed by atoms with van der Waals surface area (Å²) in [4.78, 5) is 11.7. The second-order valence-electron chi connectivity index (χ2n) is 3.43. The summed E-state index contributed by atoms with van der Waals surface area (Å²) in [5, 5.41) is 13.7. The van der Waals surface area contributed by atoms with Crippen LogP contribution in [-0.4, -0.2) is 42.5 Å². The predicted octanol–water partition coefficient (Wildman–Crippen LogP) is 1.85. The summed E-state index contributed by atoms with van der Waals surface area (Å²) in [5.74, 6) is -0.794. The molecule has 0 saturated carbocycles. The molecule has 10 heteroatoms. The number of hydrogen-bond donors (Lipinski definition) is 2. The predicted molar refractivity (Wildman–Crippen MR) is 72.8 cm³/mol. The number of halogens is 1. The summed E-state index contributed by atoms with van der Waals surface area (Å²) >= 11 is 5.44. The summed E-state index contributed by atoms with van der Waals surface area (Å²) in [6.07, 6.45) is 0. The van der Waals surface area contributed by atoms with Crippen LogP contribution < -0.4 is 10.9 Å². The van der Waals surface area contributed by atoms with Gasteiger partial charge in [-0.25, -0.2) is 4.79 Å². The van der Waals surface area contributed by atoms with E-state index in [2.05, 4.69) is 5.32 Å². The molecule has 0 fully saturated rings. The van der Waals surface area contributed by atoms with Crippen molar-refractivity contribution in [3.8, 4) is 0 Å². The first-order valence-corrected chi connectivity index (χ1v) is 8.00. The minimum atomic E-state index is -3.45. The lowest BCUT2D eigenvalue weighted by molar-refractivity contribution is 0.178. The Bertz CT molecular complexity index is 310. The molecule has 0 aliphatic heterocycles. The monoisotopic (exact) mass is 316 g/mol. The van der Waals surface area contributed by atoms with Crippen LogP contribution in [0.25, 0.3) is 0 Å². The third-order valence-corrected chi connectivity index (χ3v) is 4.57. The van der Waals surface area contributed by atoms with Gasteiger partial charge in [0.25, 0.3) is 0 Å². The second-order valence-corrected chi connectivity index (χ2v) is 6.18. The summed E-state index contributed by atoms with van der Waals surface area (Å²) in [7, 11) is -3.45. The molecule has 0 aromatic heterocycles. The molecule has 8 nitrogen and oxygen atoms in total. The molecule has 0 aliphatic rings. The molecule has 0 saturated heterocycles. The van der Waals surface area contributed by atoms with Gasteiger partial charge in [-0.1, -0.05) is 0 Å². The fourth-order valence-electron chi connectivity index (χ4n) is 1.23. The van der Waals surface area contributed by atoms with Gasteiger partial charge >= 0.3 is 13.6 Å². The van der Waals surface area contributed by atoms with E-state index in [0.717, 1.165) is 5.01 Å². The van der Waals surface area contributed by atoms with Gasteiger partial charge in [-0.15, -0.1) is 11.6 Å². The second kappa shape index (κ2) is 9.52. The molecule has 2 amide bonds. The van der Waals surface area contributed by atoms with E-state index in [-0.39, 0.29) is 25.6 Å². The Kier molecular flexibility index (Phi) is 9.34. The van der Waals surface area contributed by atoms with E-state index < -0.39 is 19.4 Å². The molecule has 0 bridgehead atoms. The van der Waals surface area contributed by atoms with Gasteiger partial charge in [0, 0.05) is 5.88 Å². The third-order valence-electron chi connectivity index (χ3n) is 2.09. The molecule has 0 aromatic carbocycles. The molecular weight excluding hydrogens is 297 g/mol. The lowest BCUT2D eigenvalue weighted by Crippen LogP contribution is -2.49. The van der Waals surface area contributed by atoms with Crippen LogP contribution in [0.2, 0.25) is 0 Å². The highest BCUT2D eigenvalue weighted by molar-refractivity contribution is 7.54. The number of hydrazine groups is 1. The van der Waals surface area contributed by atoms with Crippen molar-refractivity contribution in [3.05, 3.63) is 5.21 Å². The average molecular weight is 317 g/mol. The number of hydrogen-bond acceptors (Lipinski definition) is 6. The molecule has 0 spiro atoms. The number of amides is 2. The van der Waals surface area contributed by atoms with Gasteiger partial charge in [0.2, 0.25) is 0 Å². The lowest BCUT2D eigenvalue weighted by atomic mass is 10.6. The van der Waals surface area contributed by atoms with Gasteiger partial charge in [0.1, 0.15) is 5.78 Å². The van der Waals surface area contributed by atoms with E-state index in [9.17, 15) is 14.6 Å². The van der Waals surface area contributed by atoms with E-state index in [1.165, 1.54) is 12.5 Å².